The van der Waals surface area contributed by atoms with Gasteiger partial charge in [0.25, 0.3) is 5.78 Å². The van der Waals surface area contributed by atoms with Crippen LogP contribution in [0.3, 0.4) is 0 Å². The minimum Gasteiger partial charge on any atom is -0.389 e. The van der Waals surface area contributed by atoms with E-state index in [1.54, 1.807) is 0 Å². The first kappa shape index (κ1) is 11.8. The Hall–Kier alpha value is -1.32. The van der Waals surface area contributed by atoms with Crippen molar-refractivity contribution < 1.29 is 19.5 Å². The highest BCUT2D eigenvalue weighted by molar-refractivity contribution is 6.58. The molecule has 1 aliphatic rings. The van der Waals surface area contributed by atoms with Gasteiger partial charge >= 0.3 is 5.71 Å². The molecule has 0 bridgehead atoms. The van der Waals surface area contributed by atoms with E-state index in [0.717, 1.165) is 19.3 Å². The molecule has 1 rings (SSSR count). The van der Waals surface area contributed by atoms with Crippen molar-refractivity contribution in [1.82, 2.24) is 0 Å². The second-order valence-electron chi connectivity index (χ2n) is 3.99. The van der Waals surface area contributed by atoms with Crippen LogP contribution in [0.15, 0.2) is 0 Å². The fourth-order valence-corrected chi connectivity index (χ4v) is 1.92. The first-order chi connectivity index (χ1) is 7.11. The highest BCUT2D eigenvalue weighted by atomic mass is 16.3. The average Bonchev–Trinajstić information content (AvgIpc) is 2.19. The van der Waals surface area contributed by atoms with Gasteiger partial charge in [-0.05, 0) is 12.8 Å². The number of carbonyl (C=O) groups is 2. The molecular weight excluding hydrogens is 196 g/mol. The summed E-state index contributed by atoms with van der Waals surface area (Å²) in [6.07, 6.45) is 4.03. The Labute approximate surface area is 87.7 Å². The number of aliphatic hydroxyl groups is 1. The fourth-order valence-electron chi connectivity index (χ4n) is 1.92. The smallest absolute Gasteiger partial charge is 0.389 e. The zero-order valence-electron chi connectivity index (χ0n) is 8.48. The van der Waals surface area contributed by atoms with Gasteiger partial charge in [0.15, 0.2) is 0 Å². The van der Waals surface area contributed by atoms with Gasteiger partial charge in [0.1, 0.15) is 0 Å². The van der Waals surface area contributed by atoms with E-state index in [2.05, 4.69) is 4.79 Å². The molecule has 0 unspecified atom stereocenters. The lowest BCUT2D eigenvalue weighted by molar-refractivity contribution is -0.125. The standard InChI is InChI=1S/C10H14N2O3/c11-12-8(7-13)9(14)6-10(15)4-2-1-3-5-10/h7,15H,1-6H2. The number of carbonyl (C=O) groups excluding carboxylic acids is 2. The van der Waals surface area contributed by atoms with Crippen molar-refractivity contribution in [3.63, 3.8) is 0 Å². The number of rotatable bonds is 4. The van der Waals surface area contributed by atoms with E-state index in [1.165, 1.54) is 0 Å². The molecule has 0 spiro atoms. The largest absolute Gasteiger partial charge is 0.397 e. The molecule has 1 aliphatic carbocycles. The number of nitrogens with zero attached hydrogens (tertiary/aromatic N) is 2. The molecule has 1 N–H and O–H groups in total. The van der Waals surface area contributed by atoms with Gasteiger partial charge in [0.2, 0.25) is 6.29 Å². The molecule has 5 nitrogen and oxygen atoms in total. The maximum absolute atomic E-state index is 11.4. The Morgan fingerprint density at radius 3 is 2.47 bits per heavy atom. The maximum atomic E-state index is 11.4. The summed E-state index contributed by atoms with van der Waals surface area (Å²) in [5, 5.41) is 10.0. The molecule has 1 saturated carbocycles. The summed E-state index contributed by atoms with van der Waals surface area (Å²) in [5.74, 6) is -0.600. The van der Waals surface area contributed by atoms with E-state index in [1.807, 2.05) is 0 Å². The molecule has 0 heterocycles. The van der Waals surface area contributed by atoms with E-state index in [4.69, 9.17) is 5.53 Å². The Balaban J connectivity index is 2.64. The second kappa shape index (κ2) is 4.96. The Morgan fingerprint density at radius 1 is 1.40 bits per heavy atom. The van der Waals surface area contributed by atoms with E-state index < -0.39 is 17.1 Å². The van der Waals surface area contributed by atoms with E-state index in [0.29, 0.717) is 12.8 Å². The Bertz CT molecular complexity index is 313. The van der Waals surface area contributed by atoms with Crippen molar-refractivity contribution in [3.8, 4) is 0 Å². The third-order valence-corrected chi connectivity index (χ3v) is 2.78. The van der Waals surface area contributed by atoms with Gasteiger partial charge in [-0.15, -0.1) is 0 Å². The summed E-state index contributed by atoms with van der Waals surface area (Å²) in [5.41, 5.74) is 6.83. The molecule has 0 amide bonds. The Kier molecular flexibility index (Phi) is 3.88. The Morgan fingerprint density at radius 2 is 2.00 bits per heavy atom. The summed E-state index contributed by atoms with van der Waals surface area (Å²) < 4.78 is 0. The molecule has 0 aromatic carbocycles. The predicted molar refractivity (Wildman–Crippen MR) is 52.3 cm³/mol. The van der Waals surface area contributed by atoms with Gasteiger partial charge in [-0.3, -0.25) is 9.59 Å². The fraction of sp³-hybridized carbons (Fsp3) is 0.700. The van der Waals surface area contributed by atoms with Gasteiger partial charge in [0.05, 0.1) is 5.60 Å². The molecule has 5 heteroatoms. The van der Waals surface area contributed by atoms with Crippen molar-refractivity contribution in [2.24, 2.45) is 0 Å². The van der Waals surface area contributed by atoms with Gasteiger partial charge in [-0.25, -0.2) is 0 Å². The van der Waals surface area contributed by atoms with E-state index in [9.17, 15) is 14.7 Å². The van der Waals surface area contributed by atoms with Crippen molar-refractivity contribution in [3.05, 3.63) is 5.53 Å². The maximum Gasteiger partial charge on any atom is 0.397 e. The van der Waals surface area contributed by atoms with Crippen LogP contribution in [0, 0.1) is 0 Å². The average molecular weight is 210 g/mol. The summed E-state index contributed by atoms with van der Waals surface area (Å²) in [6.45, 7) is 0. The van der Waals surface area contributed by atoms with Crippen LogP contribution < -0.4 is 0 Å². The molecule has 0 saturated heterocycles. The minimum atomic E-state index is -1.02. The van der Waals surface area contributed by atoms with Crippen LogP contribution in [0.2, 0.25) is 0 Å². The second-order valence-corrected chi connectivity index (χ2v) is 3.99. The number of Topliss-reactive ketones (excluding diaryl/α,β-unsaturated/α-hetero) is 1. The molecule has 82 valence electrons. The SMILES string of the molecule is [N-]=[N+]=C(C=O)C(=O)CC1(O)CCCCC1. The number of hydrogen-bond acceptors (Lipinski definition) is 3. The van der Waals surface area contributed by atoms with Crippen molar-refractivity contribution in [1.29, 1.82) is 0 Å². The molecule has 0 aromatic heterocycles. The minimum absolute atomic E-state index is 0.134. The summed E-state index contributed by atoms with van der Waals surface area (Å²) in [7, 11) is 0. The van der Waals surface area contributed by atoms with E-state index >= 15 is 0 Å². The van der Waals surface area contributed by atoms with Crippen LogP contribution in [0.5, 0.6) is 0 Å². The molecule has 0 aromatic rings. The first-order valence-electron chi connectivity index (χ1n) is 5.04. The molecule has 15 heavy (non-hydrogen) atoms. The summed E-state index contributed by atoms with van der Waals surface area (Å²) in [6, 6.07) is 0. The summed E-state index contributed by atoms with van der Waals surface area (Å²) >= 11 is 0. The van der Waals surface area contributed by atoms with Gasteiger partial charge in [-0.1, -0.05) is 19.3 Å². The number of hydrogen-bond donors (Lipinski definition) is 1. The molecule has 1 fully saturated rings. The van der Waals surface area contributed by atoms with Gasteiger partial charge in [-0.2, -0.15) is 4.79 Å². The molecule has 0 atom stereocenters. The highest BCUT2D eigenvalue weighted by Gasteiger charge is 2.35. The van der Waals surface area contributed by atoms with Crippen molar-refractivity contribution >= 4 is 17.8 Å². The van der Waals surface area contributed by atoms with Crippen LogP contribution in [-0.2, 0) is 9.59 Å². The predicted octanol–water partition coefficient (Wildman–Crippen LogP) is 0.510. The van der Waals surface area contributed by atoms with Crippen molar-refractivity contribution in [2.45, 2.75) is 44.1 Å². The topological polar surface area (TPSA) is 90.8 Å². The number of ketones is 1. The molecule has 0 radical (unpaired) electrons. The quantitative estimate of drug-likeness (QED) is 0.241. The van der Waals surface area contributed by atoms with Gasteiger partial charge < -0.3 is 10.6 Å². The molecular formula is C10H14N2O3. The monoisotopic (exact) mass is 210 g/mol. The third-order valence-electron chi connectivity index (χ3n) is 2.78. The zero-order chi connectivity index (χ0) is 11.3. The van der Waals surface area contributed by atoms with Crippen LogP contribution in [-0.4, -0.2) is 33.3 Å². The lowest BCUT2D eigenvalue weighted by atomic mass is 9.81. The van der Waals surface area contributed by atoms with Crippen LogP contribution in [0.25, 0.3) is 5.53 Å². The lowest BCUT2D eigenvalue weighted by Gasteiger charge is -2.30. The zero-order valence-corrected chi connectivity index (χ0v) is 8.48. The van der Waals surface area contributed by atoms with Crippen LogP contribution >= 0.6 is 0 Å². The third kappa shape index (κ3) is 3.08. The van der Waals surface area contributed by atoms with Gasteiger partial charge in [0, 0.05) is 6.42 Å². The van der Waals surface area contributed by atoms with Crippen molar-refractivity contribution in [2.75, 3.05) is 0 Å². The first-order valence-corrected chi connectivity index (χ1v) is 5.04. The van der Waals surface area contributed by atoms with E-state index in [-0.39, 0.29) is 12.7 Å². The van der Waals surface area contributed by atoms with Crippen LogP contribution in [0.4, 0.5) is 0 Å². The number of aldehydes is 1. The van der Waals surface area contributed by atoms with Crippen LogP contribution in [0.1, 0.15) is 38.5 Å². The highest BCUT2D eigenvalue weighted by Crippen LogP contribution is 2.30. The summed E-state index contributed by atoms with van der Waals surface area (Å²) in [4.78, 5) is 24.3. The lowest BCUT2D eigenvalue weighted by Crippen LogP contribution is -2.36. The normalized spacial score (nSPS) is 19.0. The molecule has 0 aliphatic heterocycles.